The Kier molecular flexibility index (Phi) is 13.4. The van der Waals surface area contributed by atoms with E-state index in [1.54, 1.807) is 27.3 Å². The molecule has 8 heteroatoms. The van der Waals surface area contributed by atoms with E-state index in [-0.39, 0.29) is 36.4 Å². The predicted molar refractivity (Wildman–Crippen MR) is 115 cm³/mol. The Labute approximate surface area is 172 Å². The Morgan fingerprint density at radius 3 is 2.54 bits per heavy atom. The van der Waals surface area contributed by atoms with Crippen LogP contribution in [0.2, 0.25) is 0 Å². The Hall–Kier alpha value is -1.81. The van der Waals surface area contributed by atoms with Crippen LogP contribution in [0.4, 0.5) is 0 Å². The van der Waals surface area contributed by atoms with Crippen LogP contribution in [0.15, 0.2) is 41.9 Å². The fourth-order valence-electron chi connectivity index (χ4n) is 1.78. The standard InChI is InChI=1S/C18H28N4O3.HI/c1-5-10-19-18(21-13-17(23)22(2)3)20-11-12-25-14-15-6-8-16(24-4)9-7-15;/h5-9H,1,10-14H2,2-4H3,(H2,19,20,21);1H. The van der Waals surface area contributed by atoms with Crippen LogP contribution in [0.5, 0.6) is 5.75 Å². The summed E-state index contributed by atoms with van der Waals surface area (Å²) >= 11 is 0. The third-order valence-corrected chi connectivity index (χ3v) is 3.25. The topological polar surface area (TPSA) is 75.2 Å². The normalized spacial score (nSPS) is 10.5. The smallest absolute Gasteiger partial charge is 0.243 e. The minimum atomic E-state index is -0.0598. The van der Waals surface area contributed by atoms with Crippen LogP contribution in [-0.2, 0) is 16.1 Å². The van der Waals surface area contributed by atoms with Crippen molar-refractivity contribution in [1.29, 1.82) is 0 Å². The molecule has 1 aromatic rings. The van der Waals surface area contributed by atoms with Gasteiger partial charge in [0, 0.05) is 27.2 Å². The molecule has 0 atom stereocenters. The first-order valence-electron chi connectivity index (χ1n) is 8.10. The second-order valence-corrected chi connectivity index (χ2v) is 5.45. The van der Waals surface area contributed by atoms with E-state index in [0.717, 1.165) is 11.3 Å². The van der Waals surface area contributed by atoms with Crippen molar-refractivity contribution in [2.75, 3.05) is 47.4 Å². The summed E-state index contributed by atoms with van der Waals surface area (Å²) in [6.07, 6.45) is 1.73. The summed E-state index contributed by atoms with van der Waals surface area (Å²) in [6, 6.07) is 7.75. The quantitative estimate of drug-likeness (QED) is 0.177. The molecule has 0 spiro atoms. The zero-order valence-corrected chi connectivity index (χ0v) is 18.0. The molecule has 7 nitrogen and oxygen atoms in total. The Morgan fingerprint density at radius 2 is 1.96 bits per heavy atom. The first-order chi connectivity index (χ1) is 12.1. The second-order valence-electron chi connectivity index (χ2n) is 5.45. The van der Waals surface area contributed by atoms with Crippen LogP contribution in [0, 0.1) is 0 Å². The van der Waals surface area contributed by atoms with E-state index in [9.17, 15) is 4.79 Å². The minimum absolute atomic E-state index is 0. The maximum Gasteiger partial charge on any atom is 0.243 e. The van der Waals surface area contributed by atoms with Gasteiger partial charge in [0.2, 0.25) is 5.91 Å². The summed E-state index contributed by atoms with van der Waals surface area (Å²) in [5, 5.41) is 6.19. The SMILES string of the molecule is C=CCNC(=NCC(=O)N(C)C)NCCOCc1ccc(OC)cc1.I. The van der Waals surface area contributed by atoms with Gasteiger partial charge in [0.15, 0.2) is 5.96 Å². The largest absolute Gasteiger partial charge is 0.497 e. The zero-order chi connectivity index (χ0) is 18.5. The minimum Gasteiger partial charge on any atom is -0.497 e. The molecule has 0 aliphatic carbocycles. The van der Waals surface area contributed by atoms with Gasteiger partial charge in [-0.3, -0.25) is 4.79 Å². The number of methoxy groups -OCH3 is 1. The van der Waals surface area contributed by atoms with Crippen LogP contribution < -0.4 is 15.4 Å². The molecular formula is C18H29IN4O3. The van der Waals surface area contributed by atoms with Crippen LogP contribution >= 0.6 is 24.0 Å². The van der Waals surface area contributed by atoms with E-state index in [0.29, 0.717) is 32.3 Å². The number of hydrogen-bond acceptors (Lipinski definition) is 4. The van der Waals surface area contributed by atoms with E-state index in [1.165, 1.54) is 4.90 Å². The fourth-order valence-corrected chi connectivity index (χ4v) is 1.78. The van der Waals surface area contributed by atoms with Gasteiger partial charge in [-0.25, -0.2) is 4.99 Å². The number of hydrogen-bond donors (Lipinski definition) is 2. The summed E-state index contributed by atoms with van der Waals surface area (Å²) in [4.78, 5) is 17.4. The predicted octanol–water partition coefficient (Wildman–Crippen LogP) is 1.64. The number of aliphatic imine (C=N–C) groups is 1. The highest BCUT2D eigenvalue weighted by molar-refractivity contribution is 14.0. The number of ether oxygens (including phenoxy) is 2. The molecule has 1 aromatic carbocycles. The first-order valence-corrected chi connectivity index (χ1v) is 8.10. The van der Waals surface area contributed by atoms with Gasteiger partial charge in [-0.15, -0.1) is 30.6 Å². The lowest BCUT2D eigenvalue weighted by atomic mass is 10.2. The van der Waals surface area contributed by atoms with Crippen LogP contribution in [0.1, 0.15) is 5.56 Å². The highest BCUT2D eigenvalue weighted by Crippen LogP contribution is 2.11. The van der Waals surface area contributed by atoms with Crippen molar-refractivity contribution in [2.24, 2.45) is 4.99 Å². The molecule has 1 amide bonds. The molecule has 0 radical (unpaired) electrons. The number of guanidine groups is 1. The van der Waals surface area contributed by atoms with Gasteiger partial charge in [-0.1, -0.05) is 18.2 Å². The van der Waals surface area contributed by atoms with Crippen LogP contribution in [-0.4, -0.2) is 64.2 Å². The molecule has 0 heterocycles. The number of halogens is 1. The molecule has 0 aliphatic heterocycles. The Bertz CT molecular complexity index is 562. The van der Waals surface area contributed by atoms with Gasteiger partial charge < -0.3 is 25.0 Å². The molecule has 0 fully saturated rings. The van der Waals surface area contributed by atoms with Gasteiger partial charge in [0.1, 0.15) is 12.3 Å². The highest BCUT2D eigenvalue weighted by atomic mass is 127. The third kappa shape index (κ3) is 10.2. The molecule has 0 aliphatic rings. The van der Waals surface area contributed by atoms with Gasteiger partial charge in [-0.05, 0) is 17.7 Å². The molecule has 0 unspecified atom stereocenters. The summed E-state index contributed by atoms with van der Waals surface area (Å²) in [7, 11) is 5.05. The molecule has 0 bridgehead atoms. The van der Waals surface area contributed by atoms with Crippen molar-refractivity contribution < 1.29 is 14.3 Å². The lowest BCUT2D eigenvalue weighted by Crippen LogP contribution is -2.40. The highest BCUT2D eigenvalue weighted by Gasteiger charge is 2.04. The van der Waals surface area contributed by atoms with Crippen molar-refractivity contribution in [3.05, 3.63) is 42.5 Å². The molecule has 26 heavy (non-hydrogen) atoms. The van der Waals surface area contributed by atoms with Gasteiger partial charge >= 0.3 is 0 Å². The van der Waals surface area contributed by atoms with E-state index in [1.807, 2.05) is 24.3 Å². The van der Waals surface area contributed by atoms with E-state index in [4.69, 9.17) is 9.47 Å². The van der Waals surface area contributed by atoms with E-state index in [2.05, 4.69) is 22.2 Å². The first kappa shape index (κ1) is 24.2. The number of benzene rings is 1. The lowest BCUT2D eigenvalue weighted by molar-refractivity contribution is -0.127. The number of likely N-dealkylation sites (N-methyl/N-ethyl adjacent to an activating group) is 1. The maximum atomic E-state index is 11.6. The number of carbonyl (C=O) groups excluding carboxylic acids is 1. The van der Waals surface area contributed by atoms with Gasteiger partial charge in [-0.2, -0.15) is 0 Å². The molecular weight excluding hydrogens is 447 g/mol. The van der Waals surface area contributed by atoms with Crippen molar-refractivity contribution >= 4 is 35.8 Å². The van der Waals surface area contributed by atoms with Gasteiger partial charge in [0.05, 0.1) is 20.3 Å². The van der Waals surface area contributed by atoms with Crippen molar-refractivity contribution in [3.63, 3.8) is 0 Å². The van der Waals surface area contributed by atoms with Gasteiger partial charge in [0.25, 0.3) is 0 Å². The number of rotatable bonds is 10. The Balaban J connectivity index is 0.00000625. The summed E-state index contributed by atoms with van der Waals surface area (Å²) < 4.78 is 10.8. The number of carbonyl (C=O) groups is 1. The second kappa shape index (κ2) is 14.4. The van der Waals surface area contributed by atoms with Crippen molar-refractivity contribution in [2.45, 2.75) is 6.61 Å². The molecule has 0 aromatic heterocycles. The molecule has 0 saturated carbocycles. The van der Waals surface area contributed by atoms with Crippen LogP contribution in [0.3, 0.4) is 0 Å². The van der Waals surface area contributed by atoms with Crippen molar-refractivity contribution in [3.8, 4) is 5.75 Å². The number of amides is 1. The molecule has 2 N–H and O–H groups in total. The Morgan fingerprint density at radius 1 is 1.27 bits per heavy atom. The van der Waals surface area contributed by atoms with Crippen molar-refractivity contribution in [1.82, 2.24) is 15.5 Å². The van der Waals surface area contributed by atoms with Crippen LogP contribution in [0.25, 0.3) is 0 Å². The molecule has 1 rings (SSSR count). The average molecular weight is 476 g/mol. The zero-order valence-electron chi connectivity index (χ0n) is 15.7. The summed E-state index contributed by atoms with van der Waals surface area (Å²) in [5.41, 5.74) is 1.08. The van der Waals surface area contributed by atoms with E-state index >= 15 is 0 Å². The maximum absolute atomic E-state index is 11.6. The number of nitrogens with one attached hydrogen (secondary N) is 2. The summed E-state index contributed by atoms with van der Waals surface area (Å²) in [5.74, 6) is 1.32. The average Bonchev–Trinajstić information content (AvgIpc) is 2.63. The summed E-state index contributed by atoms with van der Waals surface area (Å²) in [6.45, 7) is 5.93. The van der Waals surface area contributed by atoms with E-state index < -0.39 is 0 Å². The fraction of sp³-hybridized carbons (Fsp3) is 0.444. The molecule has 146 valence electrons. The molecule has 0 saturated heterocycles. The number of nitrogens with zero attached hydrogens (tertiary/aromatic N) is 2. The third-order valence-electron chi connectivity index (χ3n) is 3.25. The monoisotopic (exact) mass is 476 g/mol. The lowest BCUT2D eigenvalue weighted by Gasteiger charge is -2.13.